The van der Waals surface area contributed by atoms with Crippen LogP contribution in [0.4, 0.5) is 4.79 Å². The second-order valence-corrected chi connectivity index (χ2v) is 6.89. The van der Waals surface area contributed by atoms with Crippen LogP contribution in [0.1, 0.15) is 64.7 Å². The highest BCUT2D eigenvalue weighted by molar-refractivity contribution is 5.84. The van der Waals surface area contributed by atoms with E-state index >= 15 is 0 Å². The van der Waals surface area contributed by atoms with Crippen molar-refractivity contribution in [1.29, 1.82) is 0 Å². The van der Waals surface area contributed by atoms with Gasteiger partial charge in [0.05, 0.1) is 0 Å². The summed E-state index contributed by atoms with van der Waals surface area (Å²) in [5, 5.41) is 14.9. The number of aliphatic carboxylic acids is 1. The number of hydrogen-bond acceptors (Lipinski definition) is 3. The summed E-state index contributed by atoms with van der Waals surface area (Å²) in [7, 11) is 0. The number of rotatable bonds is 8. The number of nitrogens with zero attached hydrogens (tertiary/aromatic N) is 1. The summed E-state index contributed by atoms with van der Waals surface area (Å²) >= 11 is 0. The van der Waals surface area contributed by atoms with E-state index in [2.05, 4.69) is 10.6 Å². The van der Waals surface area contributed by atoms with Crippen LogP contribution in [0.2, 0.25) is 0 Å². The lowest BCUT2D eigenvalue weighted by Gasteiger charge is -2.26. The number of amides is 3. The van der Waals surface area contributed by atoms with Gasteiger partial charge in [-0.25, -0.2) is 9.59 Å². The molecule has 2 rings (SSSR count). The van der Waals surface area contributed by atoms with E-state index in [0.29, 0.717) is 13.0 Å². The molecule has 0 aromatic heterocycles. The molecule has 3 amide bonds. The smallest absolute Gasteiger partial charge is 0.326 e. The predicted molar refractivity (Wildman–Crippen MR) is 89.6 cm³/mol. The first-order valence-corrected chi connectivity index (χ1v) is 9.07. The summed E-state index contributed by atoms with van der Waals surface area (Å²) in [6.07, 6.45) is 8.19. The minimum Gasteiger partial charge on any atom is -0.480 e. The normalized spacial score (nSPS) is 19.4. The predicted octanol–water partition coefficient (Wildman–Crippen LogP) is 1.86. The third-order valence-corrected chi connectivity index (χ3v) is 4.80. The number of carboxylic acids is 1. The largest absolute Gasteiger partial charge is 0.480 e. The highest BCUT2D eigenvalue weighted by atomic mass is 16.4. The van der Waals surface area contributed by atoms with Crippen LogP contribution in [0.5, 0.6) is 0 Å². The maximum absolute atomic E-state index is 12.3. The van der Waals surface area contributed by atoms with Crippen molar-refractivity contribution in [2.45, 2.75) is 82.8 Å². The van der Waals surface area contributed by atoms with Gasteiger partial charge in [0, 0.05) is 25.0 Å². The summed E-state index contributed by atoms with van der Waals surface area (Å²) < 4.78 is 0. The lowest BCUT2D eigenvalue weighted by atomic mass is 9.96. The van der Waals surface area contributed by atoms with Crippen molar-refractivity contribution < 1.29 is 19.5 Å². The molecule has 136 valence electrons. The molecule has 0 saturated heterocycles. The molecule has 24 heavy (non-hydrogen) atoms. The van der Waals surface area contributed by atoms with Gasteiger partial charge in [0.1, 0.15) is 6.04 Å². The van der Waals surface area contributed by atoms with E-state index in [1.807, 2.05) is 0 Å². The van der Waals surface area contributed by atoms with Gasteiger partial charge in [-0.3, -0.25) is 4.79 Å². The molecular weight excluding hydrogens is 310 g/mol. The molecule has 0 radical (unpaired) electrons. The van der Waals surface area contributed by atoms with Crippen LogP contribution in [-0.4, -0.2) is 52.6 Å². The molecule has 3 N–H and O–H groups in total. The molecule has 1 unspecified atom stereocenters. The monoisotopic (exact) mass is 339 g/mol. The third-order valence-electron chi connectivity index (χ3n) is 4.80. The molecular formula is C17H29N3O4. The van der Waals surface area contributed by atoms with Gasteiger partial charge in [-0.1, -0.05) is 19.3 Å². The number of carbonyl (C=O) groups excluding carboxylic acids is 2. The molecule has 0 aromatic carbocycles. The Bertz CT molecular complexity index is 459. The Labute approximate surface area is 143 Å². The standard InChI is InChI=1S/C17H29N3O4/c1-12(16(22)23)20(14-9-10-14)15(21)8-5-11-18-17(24)19-13-6-3-2-4-7-13/h12-14H,2-11H2,1H3,(H,22,23)(H2,18,19,24). The van der Waals surface area contributed by atoms with Crippen molar-refractivity contribution in [3.8, 4) is 0 Å². The molecule has 2 saturated carbocycles. The first kappa shape index (κ1) is 18.5. The van der Waals surface area contributed by atoms with Crippen LogP contribution < -0.4 is 10.6 Å². The molecule has 0 aliphatic heterocycles. The minimum absolute atomic E-state index is 0.0751. The SMILES string of the molecule is CC(C(=O)O)N(C(=O)CCCNC(=O)NC1CCCCC1)C1CC1. The molecule has 1 atom stereocenters. The lowest BCUT2D eigenvalue weighted by Crippen LogP contribution is -2.45. The summed E-state index contributed by atoms with van der Waals surface area (Å²) in [6, 6.07) is -0.617. The van der Waals surface area contributed by atoms with Gasteiger partial charge in [0.15, 0.2) is 0 Å². The second kappa shape index (κ2) is 8.89. The van der Waals surface area contributed by atoms with Gasteiger partial charge < -0.3 is 20.6 Å². The number of urea groups is 1. The van der Waals surface area contributed by atoms with Gasteiger partial charge in [-0.2, -0.15) is 0 Å². The van der Waals surface area contributed by atoms with Crippen molar-refractivity contribution in [2.24, 2.45) is 0 Å². The Morgan fingerprint density at radius 2 is 1.79 bits per heavy atom. The topological polar surface area (TPSA) is 98.7 Å². The van der Waals surface area contributed by atoms with Gasteiger partial charge >= 0.3 is 12.0 Å². The van der Waals surface area contributed by atoms with E-state index in [0.717, 1.165) is 38.5 Å². The Balaban J connectivity index is 1.64. The molecule has 2 fully saturated rings. The van der Waals surface area contributed by atoms with E-state index in [9.17, 15) is 14.4 Å². The van der Waals surface area contributed by atoms with E-state index < -0.39 is 12.0 Å². The first-order chi connectivity index (χ1) is 11.5. The molecule has 0 bridgehead atoms. The molecule has 2 aliphatic rings. The quantitative estimate of drug-likeness (QED) is 0.588. The van der Waals surface area contributed by atoms with Crippen LogP contribution in [-0.2, 0) is 9.59 Å². The van der Waals surface area contributed by atoms with Crippen molar-refractivity contribution >= 4 is 17.9 Å². The van der Waals surface area contributed by atoms with E-state index in [-0.39, 0.29) is 30.4 Å². The molecule has 2 aliphatic carbocycles. The van der Waals surface area contributed by atoms with Crippen LogP contribution in [0.3, 0.4) is 0 Å². The average molecular weight is 339 g/mol. The minimum atomic E-state index is -0.972. The third kappa shape index (κ3) is 5.69. The van der Waals surface area contributed by atoms with Crippen molar-refractivity contribution in [3.63, 3.8) is 0 Å². The second-order valence-electron chi connectivity index (χ2n) is 6.89. The highest BCUT2D eigenvalue weighted by Crippen LogP contribution is 2.29. The maximum atomic E-state index is 12.3. The van der Waals surface area contributed by atoms with Crippen LogP contribution in [0.15, 0.2) is 0 Å². The highest BCUT2D eigenvalue weighted by Gasteiger charge is 2.37. The van der Waals surface area contributed by atoms with Gasteiger partial charge in [0.25, 0.3) is 0 Å². The zero-order valence-corrected chi connectivity index (χ0v) is 14.4. The summed E-state index contributed by atoms with van der Waals surface area (Å²) in [6.45, 7) is 1.97. The molecule has 7 nitrogen and oxygen atoms in total. The van der Waals surface area contributed by atoms with Crippen LogP contribution >= 0.6 is 0 Å². The van der Waals surface area contributed by atoms with E-state index in [1.54, 1.807) is 6.92 Å². The van der Waals surface area contributed by atoms with Crippen molar-refractivity contribution in [2.75, 3.05) is 6.54 Å². The summed E-state index contributed by atoms with van der Waals surface area (Å²) in [5.74, 6) is -1.11. The van der Waals surface area contributed by atoms with Crippen molar-refractivity contribution in [3.05, 3.63) is 0 Å². The fourth-order valence-electron chi connectivity index (χ4n) is 3.26. The van der Waals surface area contributed by atoms with Gasteiger partial charge in [0.2, 0.25) is 5.91 Å². The number of carboxylic acid groups (broad SMARTS) is 1. The number of carbonyl (C=O) groups is 3. The van der Waals surface area contributed by atoms with Crippen molar-refractivity contribution in [1.82, 2.24) is 15.5 Å². The first-order valence-electron chi connectivity index (χ1n) is 9.07. The lowest BCUT2D eigenvalue weighted by molar-refractivity contribution is -0.150. The molecule has 0 heterocycles. The Hall–Kier alpha value is -1.79. The molecule has 0 spiro atoms. The van der Waals surface area contributed by atoms with Crippen LogP contribution in [0, 0.1) is 0 Å². The number of hydrogen-bond donors (Lipinski definition) is 3. The Morgan fingerprint density at radius 3 is 2.38 bits per heavy atom. The fraction of sp³-hybridized carbons (Fsp3) is 0.824. The van der Waals surface area contributed by atoms with Gasteiger partial charge in [-0.05, 0) is 39.0 Å². The summed E-state index contributed by atoms with van der Waals surface area (Å²) in [5.41, 5.74) is 0. The van der Waals surface area contributed by atoms with E-state index in [4.69, 9.17) is 5.11 Å². The fourth-order valence-corrected chi connectivity index (χ4v) is 3.26. The zero-order chi connectivity index (χ0) is 17.5. The van der Waals surface area contributed by atoms with Gasteiger partial charge in [-0.15, -0.1) is 0 Å². The maximum Gasteiger partial charge on any atom is 0.326 e. The zero-order valence-electron chi connectivity index (χ0n) is 14.4. The Morgan fingerprint density at radius 1 is 1.12 bits per heavy atom. The van der Waals surface area contributed by atoms with Crippen LogP contribution in [0.25, 0.3) is 0 Å². The number of nitrogens with one attached hydrogen (secondary N) is 2. The Kier molecular flexibility index (Phi) is 6.87. The summed E-state index contributed by atoms with van der Waals surface area (Å²) in [4.78, 5) is 36.7. The van der Waals surface area contributed by atoms with E-state index in [1.165, 1.54) is 11.3 Å². The molecule has 0 aromatic rings. The average Bonchev–Trinajstić information content (AvgIpc) is 3.37. The molecule has 7 heteroatoms.